The van der Waals surface area contributed by atoms with Gasteiger partial charge in [0.25, 0.3) is 0 Å². The van der Waals surface area contributed by atoms with Crippen molar-refractivity contribution in [2.45, 2.75) is 38.1 Å². The van der Waals surface area contributed by atoms with Crippen LogP contribution in [0.15, 0.2) is 12.7 Å². The summed E-state index contributed by atoms with van der Waals surface area (Å²) in [6, 6.07) is 0. The van der Waals surface area contributed by atoms with E-state index in [4.69, 9.17) is 9.84 Å². The number of aliphatic hydroxyl groups is 1. The molecule has 1 heterocycles. The highest BCUT2D eigenvalue weighted by atomic mass is 16.6. The maximum Gasteiger partial charge on any atom is 0.154 e. The van der Waals surface area contributed by atoms with Crippen molar-refractivity contribution in [1.82, 2.24) is 0 Å². The van der Waals surface area contributed by atoms with E-state index in [1.54, 1.807) is 0 Å². The molecule has 2 atom stereocenters. The summed E-state index contributed by atoms with van der Waals surface area (Å²) in [5, 5.41) is 8.95. The van der Waals surface area contributed by atoms with Crippen LogP contribution in [0.4, 0.5) is 0 Å². The lowest BCUT2D eigenvalue weighted by Crippen LogP contribution is -2.09. The molecule has 2 heteroatoms. The maximum atomic E-state index is 8.95. The van der Waals surface area contributed by atoms with Gasteiger partial charge in [-0.1, -0.05) is 6.08 Å². The van der Waals surface area contributed by atoms with Crippen LogP contribution in [0.25, 0.3) is 0 Å². The smallest absolute Gasteiger partial charge is 0.154 e. The van der Waals surface area contributed by atoms with Crippen molar-refractivity contribution < 1.29 is 9.84 Å². The molecule has 10 heavy (non-hydrogen) atoms. The van der Waals surface area contributed by atoms with Crippen LogP contribution in [0.5, 0.6) is 0 Å². The monoisotopic (exact) mass is 142 g/mol. The van der Waals surface area contributed by atoms with Crippen molar-refractivity contribution >= 4 is 0 Å². The van der Waals surface area contributed by atoms with E-state index in [0.29, 0.717) is 0 Å². The van der Waals surface area contributed by atoms with E-state index >= 15 is 0 Å². The zero-order chi connectivity index (χ0) is 7.40. The molecule has 0 unspecified atom stereocenters. The molecule has 0 radical (unpaired) electrons. The minimum absolute atomic E-state index is 0.271. The number of ether oxygens (including phenoxy) is 1. The van der Waals surface area contributed by atoms with E-state index < -0.39 is 6.29 Å². The van der Waals surface area contributed by atoms with Crippen LogP contribution in [0.2, 0.25) is 0 Å². The van der Waals surface area contributed by atoms with E-state index in [0.717, 1.165) is 25.7 Å². The molecule has 0 bridgehead atoms. The number of allylic oxidation sites excluding steroid dienone is 1. The van der Waals surface area contributed by atoms with Crippen molar-refractivity contribution in [2.24, 2.45) is 0 Å². The third-order valence-electron chi connectivity index (χ3n) is 1.78. The molecule has 0 spiro atoms. The fourth-order valence-corrected chi connectivity index (χ4v) is 1.20. The molecule has 1 saturated heterocycles. The highest BCUT2D eigenvalue weighted by Crippen LogP contribution is 2.21. The molecular weight excluding hydrogens is 128 g/mol. The van der Waals surface area contributed by atoms with E-state index in [2.05, 4.69) is 6.58 Å². The fraction of sp³-hybridized carbons (Fsp3) is 0.750. The quantitative estimate of drug-likeness (QED) is 0.604. The van der Waals surface area contributed by atoms with Crippen LogP contribution < -0.4 is 0 Å². The topological polar surface area (TPSA) is 29.5 Å². The summed E-state index contributed by atoms with van der Waals surface area (Å²) in [6.07, 6.45) is 5.42. The Hall–Kier alpha value is -0.340. The number of rotatable bonds is 3. The highest BCUT2D eigenvalue weighted by molar-refractivity contribution is 4.73. The predicted octanol–water partition coefficient (Wildman–Crippen LogP) is 1.45. The van der Waals surface area contributed by atoms with Gasteiger partial charge in [0.2, 0.25) is 0 Å². The second-order valence-corrected chi connectivity index (χ2v) is 2.66. The third kappa shape index (κ3) is 2.12. The summed E-state index contributed by atoms with van der Waals surface area (Å²) < 4.78 is 5.17. The fourth-order valence-electron chi connectivity index (χ4n) is 1.20. The molecule has 1 aliphatic heterocycles. The zero-order valence-corrected chi connectivity index (χ0v) is 6.12. The van der Waals surface area contributed by atoms with E-state index in [1.807, 2.05) is 6.08 Å². The van der Waals surface area contributed by atoms with Gasteiger partial charge in [-0.25, -0.2) is 0 Å². The molecule has 1 rings (SSSR count). The van der Waals surface area contributed by atoms with Gasteiger partial charge < -0.3 is 9.84 Å². The van der Waals surface area contributed by atoms with Crippen LogP contribution in [0.1, 0.15) is 25.7 Å². The van der Waals surface area contributed by atoms with Crippen LogP contribution in [0.3, 0.4) is 0 Å². The summed E-state index contributed by atoms with van der Waals surface area (Å²) in [5.41, 5.74) is 0. The molecule has 0 aromatic rings. The van der Waals surface area contributed by atoms with Gasteiger partial charge >= 0.3 is 0 Å². The van der Waals surface area contributed by atoms with Crippen molar-refractivity contribution in [1.29, 1.82) is 0 Å². The zero-order valence-electron chi connectivity index (χ0n) is 6.12. The van der Waals surface area contributed by atoms with Crippen molar-refractivity contribution in [2.75, 3.05) is 0 Å². The summed E-state index contributed by atoms with van der Waals surface area (Å²) >= 11 is 0. The first-order chi connectivity index (χ1) is 4.83. The maximum absolute atomic E-state index is 8.95. The van der Waals surface area contributed by atoms with Gasteiger partial charge in [-0.2, -0.15) is 0 Å². The molecule has 58 valence electrons. The van der Waals surface area contributed by atoms with Gasteiger partial charge in [0.05, 0.1) is 6.10 Å². The Morgan fingerprint density at radius 2 is 2.40 bits per heavy atom. The van der Waals surface area contributed by atoms with Crippen molar-refractivity contribution in [3.05, 3.63) is 12.7 Å². The molecule has 0 aliphatic carbocycles. The molecule has 0 aromatic heterocycles. The van der Waals surface area contributed by atoms with Gasteiger partial charge in [-0.05, 0) is 19.3 Å². The minimum Gasteiger partial charge on any atom is -0.368 e. The molecule has 1 aliphatic rings. The SMILES string of the molecule is C=CCC[C@@H]1CC[C@@H](O)O1. The Morgan fingerprint density at radius 1 is 1.60 bits per heavy atom. The van der Waals surface area contributed by atoms with Gasteiger partial charge in [-0.3, -0.25) is 0 Å². The summed E-state index contributed by atoms with van der Waals surface area (Å²) in [6.45, 7) is 3.62. The van der Waals surface area contributed by atoms with Crippen molar-refractivity contribution in [3.8, 4) is 0 Å². The summed E-state index contributed by atoms with van der Waals surface area (Å²) in [5.74, 6) is 0. The Labute approximate surface area is 61.5 Å². The van der Waals surface area contributed by atoms with Gasteiger partial charge in [0.15, 0.2) is 6.29 Å². The Morgan fingerprint density at radius 3 is 2.90 bits per heavy atom. The summed E-state index contributed by atoms with van der Waals surface area (Å²) in [4.78, 5) is 0. The number of hydrogen-bond acceptors (Lipinski definition) is 2. The minimum atomic E-state index is -0.505. The lowest BCUT2D eigenvalue weighted by atomic mass is 10.1. The first-order valence-corrected chi connectivity index (χ1v) is 3.77. The van der Waals surface area contributed by atoms with Crippen LogP contribution in [-0.4, -0.2) is 17.5 Å². The largest absolute Gasteiger partial charge is 0.368 e. The number of aliphatic hydroxyl groups excluding tert-OH is 1. The summed E-state index contributed by atoms with van der Waals surface area (Å²) in [7, 11) is 0. The van der Waals surface area contributed by atoms with E-state index in [1.165, 1.54) is 0 Å². The van der Waals surface area contributed by atoms with Gasteiger partial charge in [0, 0.05) is 6.42 Å². The number of hydrogen-bond donors (Lipinski definition) is 1. The molecule has 1 fully saturated rings. The average Bonchev–Trinajstić information content (AvgIpc) is 2.31. The lowest BCUT2D eigenvalue weighted by molar-refractivity contribution is -0.0913. The molecule has 0 aromatic carbocycles. The molecular formula is C8H14O2. The van der Waals surface area contributed by atoms with E-state index in [9.17, 15) is 0 Å². The predicted molar refractivity (Wildman–Crippen MR) is 39.5 cm³/mol. The standard InChI is InChI=1S/C8H14O2/c1-2-3-4-7-5-6-8(9)10-7/h2,7-9H,1,3-6H2/t7-,8+/m1/s1. The molecule has 1 N–H and O–H groups in total. The Balaban J connectivity index is 2.12. The molecule has 0 saturated carbocycles. The van der Waals surface area contributed by atoms with Crippen molar-refractivity contribution in [3.63, 3.8) is 0 Å². The van der Waals surface area contributed by atoms with Gasteiger partial charge in [-0.15, -0.1) is 6.58 Å². The second kappa shape index (κ2) is 3.74. The van der Waals surface area contributed by atoms with Gasteiger partial charge in [0.1, 0.15) is 0 Å². The average molecular weight is 142 g/mol. The van der Waals surface area contributed by atoms with E-state index in [-0.39, 0.29) is 6.10 Å². The molecule has 2 nitrogen and oxygen atoms in total. The highest BCUT2D eigenvalue weighted by Gasteiger charge is 2.21. The first-order valence-electron chi connectivity index (χ1n) is 3.77. The van der Waals surface area contributed by atoms with Crippen LogP contribution in [-0.2, 0) is 4.74 Å². The second-order valence-electron chi connectivity index (χ2n) is 2.66. The Bertz CT molecular complexity index is 112. The lowest BCUT2D eigenvalue weighted by Gasteiger charge is -2.07. The normalized spacial score (nSPS) is 32.5. The molecule has 0 amide bonds. The third-order valence-corrected chi connectivity index (χ3v) is 1.78. The van der Waals surface area contributed by atoms with Crippen LogP contribution >= 0.6 is 0 Å². The first kappa shape index (κ1) is 7.76. The Kier molecular flexibility index (Phi) is 2.90. The van der Waals surface area contributed by atoms with Crippen LogP contribution in [0, 0.1) is 0 Å².